The summed E-state index contributed by atoms with van der Waals surface area (Å²) in [5.41, 5.74) is 8.74. The highest BCUT2D eigenvalue weighted by atomic mass is 35.5. The van der Waals surface area contributed by atoms with Crippen LogP contribution in [0.25, 0.3) is 0 Å². The Morgan fingerprint density at radius 3 is 2.48 bits per heavy atom. The summed E-state index contributed by atoms with van der Waals surface area (Å²) in [6.07, 6.45) is -0.266. The number of carbonyl (C=O) groups is 1. The van der Waals surface area contributed by atoms with Crippen molar-refractivity contribution < 1.29 is 9.53 Å². The Labute approximate surface area is 141 Å². The van der Waals surface area contributed by atoms with E-state index in [4.69, 9.17) is 22.1 Å². The molecule has 2 atom stereocenters. The smallest absolute Gasteiger partial charge is 0.251 e. The van der Waals surface area contributed by atoms with Crippen LogP contribution in [0.2, 0.25) is 5.02 Å². The largest absolute Gasteiger partial charge is 0.399 e. The third-order valence-corrected chi connectivity index (χ3v) is 4.02. The molecule has 1 amide bonds. The van der Waals surface area contributed by atoms with Gasteiger partial charge in [0.05, 0.1) is 6.04 Å². The fourth-order valence-corrected chi connectivity index (χ4v) is 2.65. The quantitative estimate of drug-likeness (QED) is 0.820. The zero-order valence-corrected chi connectivity index (χ0v) is 14.2. The highest BCUT2D eigenvalue weighted by Crippen LogP contribution is 2.23. The van der Waals surface area contributed by atoms with E-state index in [-0.39, 0.29) is 18.1 Å². The van der Waals surface area contributed by atoms with Crippen molar-refractivity contribution in [2.45, 2.75) is 26.0 Å². The molecule has 0 bridgehead atoms. The minimum absolute atomic E-state index is 0.168. The van der Waals surface area contributed by atoms with Crippen LogP contribution < -0.4 is 11.1 Å². The number of nitrogen functional groups attached to an aromatic ring is 1. The van der Waals surface area contributed by atoms with Crippen molar-refractivity contribution in [2.75, 3.05) is 12.8 Å². The van der Waals surface area contributed by atoms with Crippen LogP contribution in [0.1, 0.15) is 34.5 Å². The van der Waals surface area contributed by atoms with E-state index in [2.05, 4.69) is 5.32 Å². The summed E-state index contributed by atoms with van der Waals surface area (Å²) in [6.45, 7) is 3.79. The number of amides is 1. The lowest BCUT2D eigenvalue weighted by Crippen LogP contribution is -2.38. The van der Waals surface area contributed by atoms with Gasteiger partial charge in [0, 0.05) is 23.4 Å². The van der Waals surface area contributed by atoms with Crippen molar-refractivity contribution in [3.8, 4) is 0 Å². The van der Waals surface area contributed by atoms with Crippen LogP contribution in [0.5, 0.6) is 0 Å². The molecule has 0 radical (unpaired) electrons. The van der Waals surface area contributed by atoms with Crippen LogP contribution in [0.4, 0.5) is 5.69 Å². The third kappa shape index (κ3) is 4.24. The van der Waals surface area contributed by atoms with Gasteiger partial charge in [-0.1, -0.05) is 29.8 Å². The molecule has 0 spiro atoms. The Balaban J connectivity index is 2.15. The first-order valence-corrected chi connectivity index (χ1v) is 7.75. The van der Waals surface area contributed by atoms with E-state index in [1.165, 1.54) is 0 Å². The number of rotatable bonds is 5. The summed E-state index contributed by atoms with van der Waals surface area (Å²) in [5.74, 6) is -0.168. The standard InChI is InChI=1S/C18H21ClN2O2/c1-11-4-9-15(20)10-16(11)18(22)21-12(2)17(23-3)13-5-7-14(19)8-6-13/h4-10,12,17H,20H2,1-3H3,(H,21,22). The maximum absolute atomic E-state index is 12.5. The van der Waals surface area contributed by atoms with E-state index in [1.807, 2.05) is 32.0 Å². The Morgan fingerprint density at radius 2 is 1.87 bits per heavy atom. The average molecular weight is 333 g/mol. The third-order valence-electron chi connectivity index (χ3n) is 3.77. The molecule has 0 aliphatic rings. The van der Waals surface area contributed by atoms with Crippen LogP contribution in [0.15, 0.2) is 42.5 Å². The molecular weight excluding hydrogens is 312 g/mol. The molecule has 122 valence electrons. The lowest BCUT2D eigenvalue weighted by atomic mass is 10.0. The number of carbonyl (C=O) groups excluding carboxylic acids is 1. The van der Waals surface area contributed by atoms with E-state index in [0.717, 1.165) is 11.1 Å². The van der Waals surface area contributed by atoms with E-state index in [1.54, 1.807) is 31.4 Å². The van der Waals surface area contributed by atoms with Crippen molar-refractivity contribution in [3.05, 3.63) is 64.2 Å². The van der Waals surface area contributed by atoms with Crippen molar-refractivity contribution >= 4 is 23.2 Å². The molecule has 0 aliphatic carbocycles. The van der Waals surface area contributed by atoms with Crippen LogP contribution >= 0.6 is 11.6 Å². The van der Waals surface area contributed by atoms with Gasteiger partial charge in [-0.15, -0.1) is 0 Å². The molecule has 4 nitrogen and oxygen atoms in total. The molecule has 0 fully saturated rings. The number of halogens is 1. The first-order valence-electron chi connectivity index (χ1n) is 7.37. The predicted octanol–water partition coefficient (Wildman–Crippen LogP) is 3.74. The summed E-state index contributed by atoms with van der Waals surface area (Å²) in [4.78, 5) is 12.5. The number of hydrogen-bond donors (Lipinski definition) is 2. The lowest BCUT2D eigenvalue weighted by molar-refractivity contribution is 0.0644. The highest BCUT2D eigenvalue weighted by Gasteiger charge is 2.22. The fraction of sp³-hybridized carbons (Fsp3) is 0.278. The maximum atomic E-state index is 12.5. The summed E-state index contributed by atoms with van der Waals surface area (Å²) in [5, 5.41) is 3.64. The van der Waals surface area contributed by atoms with Gasteiger partial charge in [-0.25, -0.2) is 0 Å². The summed E-state index contributed by atoms with van der Waals surface area (Å²) in [6, 6.07) is 12.5. The molecule has 0 saturated heterocycles. The van der Waals surface area contributed by atoms with Gasteiger partial charge in [-0.2, -0.15) is 0 Å². The van der Waals surface area contributed by atoms with Gasteiger partial charge in [-0.3, -0.25) is 4.79 Å². The molecule has 2 unspecified atom stereocenters. The second-order valence-electron chi connectivity index (χ2n) is 5.54. The number of methoxy groups -OCH3 is 1. The van der Waals surface area contributed by atoms with E-state index < -0.39 is 0 Å². The van der Waals surface area contributed by atoms with Crippen LogP contribution in [0.3, 0.4) is 0 Å². The molecule has 2 rings (SSSR count). The zero-order valence-electron chi connectivity index (χ0n) is 13.5. The minimum Gasteiger partial charge on any atom is -0.399 e. The Morgan fingerprint density at radius 1 is 1.22 bits per heavy atom. The average Bonchev–Trinajstić information content (AvgIpc) is 2.52. The Bertz CT molecular complexity index is 686. The van der Waals surface area contributed by atoms with Gasteiger partial charge in [-0.05, 0) is 49.2 Å². The van der Waals surface area contributed by atoms with Crippen molar-refractivity contribution in [1.82, 2.24) is 5.32 Å². The first-order chi connectivity index (χ1) is 10.9. The lowest BCUT2D eigenvalue weighted by Gasteiger charge is -2.24. The van der Waals surface area contributed by atoms with Gasteiger partial charge >= 0.3 is 0 Å². The molecule has 3 N–H and O–H groups in total. The number of nitrogens with two attached hydrogens (primary N) is 1. The number of nitrogens with one attached hydrogen (secondary N) is 1. The highest BCUT2D eigenvalue weighted by molar-refractivity contribution is 6.30. The van der Waals surface area contributed by atoms with E-state index in [0.29, 0.717) is 16.3 Å². The zero-order chi connectivity index (χ0) is 17.0. The van der Waals surface area contributed by atoms with Gasteiger partial charge in [0.25, 0.3) is 5.91 Å². The van der Waals surface area contributed by atoms with Crippen LogP contribution in [-0.2, 0) is 4.74 Å². The number of anilines is 1. The van der Waals surface area contributed by atoms with E-state index >= 15 is 0 Å². The molecule has 0 heterocycles. The van der Waals surface area contributed by atoms with Crippen LogP contribution in [0, 0.1) is 6.92 Å². The summed E-state index contributed by atoms with van der Waals surface area (Å²) < 4.78 is 5.55. The van der Waals surface area contributed by atoms with E-state index in [9.17, 15) is 4.79 Å². The van der Waals surface area contributed by atoms with Crippen molar-refractivity contribution in [2.24, 2.45) is 0 Å². The van der Waals surface area contributed by atoms with Crippen molar-refractivity contribution in [3.63, 3.8) is 0 Å². The first kappa shape index (κ1) is 17.3. The van der Waals surface area contributed by atoms with Crippen LogP contribution in [-0.4, -0.2) is 19.1 Å². The summed E-state index contributed by atoms with van der Waals surface area (Å²) >= 11 is 5.91. The van der Waals surface area contributed by atoms with Gasteiger partial charge in [0.1, 0.15) is 6.10 Å². The number of hydrogen-bond acceptors (Lipinski definition) is 3. The topological polar surface area (TPSA) is 64.3 Å². The molecule has 0 saturated carbocycles. The Hall–Kier alpha value is -2.04. The van der Waals surface area contributed by atoms with Gasteiger partial charge in [0.2, 0.25) is 0 Å². The molecule has 0 aliphatic heterocycles. The monoisotopic (exact) mass is 332 g/mol. The Kier molecular flexibility index (Phi) is 5.64. The molecule has 2 aromatic carbocycles. The SMILES string of the molecule is COC(c1ccc(Cl)cc1)C(C)NC(=O)c1cc(N)ccc1C. The summed E-state index contributed by atoms with van der Waals surface area (Å²) in [7, 11) is 1.62. The normalized spacial score (nSPS) is 13.4. The molecule has 2 aromatic rings. The molecular formula is C18H21ClN2O2. The number of benzene rings is 2. The number of ether oxygens (including phenoxy) is 1. The maximum Gasteiger partial charge on any atom is 0.251 e. The van der Waals surface area contributed by atoms with Gasteiger partial charge < -0.3 is 15.8 Å². The minimum atomic E-state index is -0.266. The number of aryl methyl sites for hydroxylation is 1. The molecule has 0 aromatic heterocycles. The molecule has 23 heavy (non-hydrogen) atoms. The predicted molar refractivity (Wildman–Crippen MR) is 93.7 cm³/mol. The second-order valence-corrected chi connectivity index (χ2v) is 5.98. The van der Waals surface area contributed by atoms with Crippen molar-refractivity contribution in [1.29, 1.82) is 0 Å². The fourth-order valence-electron chi connectivity index (χ4n) is 2.53. The molecule has 5 heteroatoms. The van der Waals surface area contributed by atoms with Gasteiger partial charge in [0.15, 0.2) is 0 Å². The second kappa shape index (κ2) is 7.49.